The SMILES string of the molecule is CCN(CC)C(=O)c1cnn(-c2ccccc2)c1NC(=O)/C=C/c1ccc(OCc2ccccc2)cc1. The van der Waals surface area contributed by atoms with Gasteiger partial charge in [-0.1, -0.05) is 60.7 Å². The highest BCUT2D eigenvalue weighted by Crippen LogP contribution is 2.22. The average Bonchev–Trinajstić information content (AvgIpc) is 3.36. The molecule has 0 spiro atoms. The molecule has 4 aromatic rings. The van der Waals surface area contributed by atoms with Crippen molar-refractivity contribution in [2.75, 3.05) is 18.4 Å². The minimum absolute atomic E-state index is 0.183. The first-order valence-electron chi connectivity index (χ1n) is 12.3. The molecule has 0 aliphatic heterocycles. The summed E-state index contributed by atoms with van der Waals surface area (Å²) in [5, 5.41) is 7.26. The molecule has 1 heterocycles. The van der Waals surface area contributed by atoms with Crippen molar-refractivity contribution in [3.8, 4) is 11.4 Å². The van der Waals surface area contributed by atoms with Gasteiger partial charge in [0, 0.05) is 19.2 Å². The van der Waals surface area contributed by atoms with Crippen molar-refractivity contribution in [3.63, 3.8) is 0 Å². The molecule has 0 aliphatic carbocycles. The van der Waals surface area contributed by atoms with E-state index < -0.39 is 0 Å². The third kappa shape index (κ3) is 6.52. The molecule has 0 aliphatic rings. The zero-order chi connectivity index (χ0) is 26.0. The van der Waals surface area contributed by atoms with Crippen LogP contribution < -0.4 is 10.1 Å². The lowest BCUT2D eigenvalue weighted by atomic mass is 10.2. The van der Waals surface area contributed by atoms with Crippen molar-refractivity contribution in [3.05, 3.63) is 114 Å². The lowest BCUT2D eigenvalue weighted by Gasteiger charge is -2.19. The summed E-state index contributed by atoms with van der Waals surface area (Å²) in [5.74, 6) is 0.535. The molecule has 7 heteroatoms. The van der Waals surface area contributed by atoms with Crippen LogP contribution in [0.25, 0.3) is 11.8 Å². The Morgan fingerprint density at radius 1 is 0.919 bits per heavy atom. The van der Waals surface area contributed by atoms with Crippen LogP contribution in [0.2, 0.25) is 0 Å². The molecule has 188 valence electrons. The standard InChI is InChI=1S/C30H30N4O3/c1-3-33(4-2)30(36)27-21-31-34(25-13-9-6-10-14-25)29(27)32-28(35)20-17-23-15-18-26(19-16-23)37-22-24-11-7-5-8-12-24/h5-21H,3-4,22H2,1-2H3,(H,32,35)/b20-17+. The maximum atomic E-state index is 13.1. The Bertz CT molecular complexity index is 1340. The normalized spacial score (nSPS) is 10.9. The largest absolute Gasteiger partial charge is 0.489 e. The summed E-state index contributed by atoms with van der Waals surface area (Å²) in [6.45, 7) is 5.44. The van der Waals surface area contributed by atoms with Crippen molar-refractivity contribution in [2.45, 2.75) is 20.5 Å². The highest BCUT2D eigenvalue weighted by atomic mass is 16.5. The molecule has 0 saturated carbocycles. The molecule has 1 aromatic heterocycles. The van der Waals surface area contributed by atoms with E-state index in [1.54, 1.807) is 15.7 Å². The van der Waals surface area contributed by atoms with E-state index in [-0.39, 0.29) is 11.8 Å². The third-order valence-electron chi connectivity index (χ3n) is 5.85. The smallest absolute Gasteiger partial charge is 0.259 e. The highest BCUT2D eigenvalue weighted by Gasteiger charge is 2.23. The fraction of sp³-hybridized carbons (Fsp3) is 0.167. The highest BCUT2D eigenvalue weighted by molar-refractivity contribution is 6.07. The first-order valence-corrected chi connectivity index (χ1v) is 12.3. The number of anilines is 1. The predicted molar refractivity (Wildman–Crippen MR) is 146 cm³/mol. The maximum absolute atomic E-state index is 13.1. The van der Waals surface area contributed by atoms with E-state index >= 15 is 0 Å². The first kappa shape index (κ1) is 25.4. The summed E-state index contributed by atoms with van der Waals surface area (Å²) in [4.78, 5) is 27.7. The quantitative estimate of drug-likeness (QED) is 0.292. The fourth-order valence-corrected chi connectivity index (χ4v) is 3.82. The second kappa shape index (κ2) is 12.4. The van der Waals surface area contributed by atoms with Crippen molar-refractivity contribution in [1.82, 2.24) is 14.7 Å². The lowest BCUT2D eigenvalue weighted by molar-refractivity contribution is -0.111. The summed E-state index contributed by atoms with van der Waals surface area (Å²) in [6.07, 6.45) is 4.65. The topological polar surface area (TPSA) is 76.5 Å². The van der Waals surface area contributed by atoms with Crippen LogP contribution in [0.4, 0.5) is 5.82 Å². The van der Waals surface area contributed by atoms with Crippen LogP contribution in [0.15, 0.2) is 97.2 Å². The molecular formula is C30H30N4O3. The summed E-state index contributed by atoms with van der Waals surface area (Å²) < 4.78 is 7.39. The van der Waals surface area contributed by atoms with Gasteiger partial charge in [0.05, 0.1) is 11.9 Å². The third-order valence-corrected chi connectivity index (χ3v) is 5.85. The van der Waals surface area contributed by atoms with E-state index in [2.05, 4.69) is 10.4 Å². The summed E-state index contributed by atoms with van der Waals surface area (Å²) >= 11 is 0. The van der Waals surface area contributed by atoms with Crippen LogP contribution in [-0.2, 0) is 11.4 Å². The molecule has 0 unspecified atom stereocenters. The Hall–Kier alpha value is -4.65. The van der Waals surface area contributed by atoms with Crippen molar-refractivity contribution >= 4 is 23.7 Å². The number of hydrogen-bond donors (Lipinski definition) is 1. The van der Waals surface area contributed by atoms with Gasteiger partial charge in [-0.2, -0.15) is 5.10 Å². The monoisotopic (exact) mass is 494 g/mol. The number of benzene rings is 3. The van der Waals surface area contributed by atoms with Gasteiger partial charge in [-0.25, -0.2) is 4.68 Å². The molecule has 0 saturated heterocycles. The number of rotatable bonds is 10. The molecule has 3 aromatic carbocycles. The molecule has 0 bridgehead atoms. The Morgan fingerprint density at radius 2 is 1.57 bits per heavy atom. The summed E-state index contributed by atoms with van der Waals surface area (Å²) in [6, 6.07) is 26.8. The number of carbonyl (C=O) groups excluding carboxylic acids is 2. The van der Waals surface area contributed by atoms with Crippen molar-refractivity contribution in [1.29, 1.82) is 0 Å². The minimum Gasteiger partial charge on any atom is -0.489 e. The van der Waals surface area contributed by atoms with Gasteiger partial charge in [0.2, 0.25) is 5.91 Å². The second-order valence-electron chi connectivity index (χ2n) is 8.30. The van der Waals surface area contributed by atoms with E-state index in [0.717, 1.165) is 22.6 Å². The van der Waals surface area contributed by atoms with Crippen LogP contribution in [0, 0.1) is 0 Å². The summed E-state index contributed by atoms with van der Waals surface area (Å²) in [7, 11) is 0. The van der Waals surface area contributed by atoms with E-state index in [9.17, 15) is 9.59 Å². The van der Waals surface area contributed by atoms with Crippen molar-refractivity contribution in [2.24, 2.45) is 0 Å². The Labute approximate surface area is 217 Å². The molecule has 7 nitrogen and oxygen atoms in total. The van der Waals surface area contributed by atoms with Crippen LogP contribution in [0.3, 0.4) is 0 Å². The van der Waals surface area contributed by atoms with Gasteiger partial charge in [0.25, 0.3) is 5.91 Å². The molecule has 1 N–H and O–H groups in total. The predicted octanol–water partition coefficient (Wildman–Crippen LogP) is 5.59. The molecular weight excluding hydrogens is 464 g/mol. The molecule has 2 amide bonds. The molecule has 37 heavy (non-hydrogen) atoms. The van der Waals surface area contributed by atoms with Crippen LogP contribution >= 0.6 is 0 Å². The number of carbonyl (C=O) groups is 2. The van der Waals surface area contributed by atoms with Gasteiger partial charge in [-0.15, -0.1) is 0 Å². The van der Waals surface area contributed by atoms with E-state index in [1.165, 1.54) is 12.3 Å². The number of nitrogens with one attached hydrogen (secondary N) is 1. The summed E-state index contributed by atoms with van der Waals surface area (Å²) in [5.41, 5.74) is 3.02. The second-order valence-corrected chi connectivity index (χ2v) is 8.30. The first-order chi connectivity index (χ1) is 18.1. The number of para-hydroxylation sites is 1. The zero-order valence-corrected chi connectivity index (χ0v) is 21.0. The zero-order valence-electron chi connectivity index (χ0n) is 21.0. The van der Waals surface area contributed by atoms with E-state index in [1.807, 2.05) is 98.8 Å². The van der Waals surface area contributed by atoms with Crippen LogP contribution in [0.1, 0.15) is 35.3 Å². The number of nitrogens with zero attached hydrogens (tertiary/aromatic N) is 3. The molecule has 0 atom stereocenters. The lowest BCUT2D eigenvalue weighted by Crippen LogP contribution is -2.31. The van der Waals surface area contributed by atoms with Gasteiger partial charge in [-0.05, 0) is 55.3 Å². The Balaban J connectivity index is 1.47. The number of amides is 2. The molecule has 0 fully saturated rings. The number of hydrogen-bond acceptors (Lipinski definition) is 4. The maximum Gasteiger partial charge on any atom is 0.259 e. The molecule has 4 rings (SSSR count). The van der Waals surface area contributed by atoms with Gasteiger partial charge in [0.1, 0.15) is 23.7 Å². The van der Waals surface area contributed by atoms with Gasteiger partial charge >= 0.3 is 0 Å². The Morgan fingerprint density at radius 3 is 2.22 bits per heavy atom. The number of aromatic nitrogens is 2. The Kier molecular flexibility index (Phi) is 8.49. The molecule has 0 radical (unpaired) electrons. The minimum atomic E-state index is -0.365. The fourth-order valence-electron chi connectivity index (χ4n) is 3.82. The van der Waals surface area contributed by atoms with Crippen LogP contribution in [-0.4, -0.2) is 39.6 Å². The van der Waals surface area contributed by atoms with E-state index in [0.29, 0.717) is 31.1 Å². The average molecular weight is 495 g/mol. The number of ether oxygens (including phenoxy) is 1. The van der Waals surface area contributed by atoms with Gasteiger partial charge in [-0.3, -0.25) is 9.59 Å². The van der Waals surface area contributed by atoms with Crippen LogP contribution in [0.5, 0.6) is 5.75 Å². The van der Waals surface area contributed by atoms with Gasteiger partial charge in [0.15, 0.2) is 0 Å². The van der Waals surface area contributed by atoms with E-state index in [4.69, 9.17) is 4.74 Å². The van der Waals surface area contributed by atoms with Crippen molar-refractivity contribution < 1.29 is 14.3 Å². The van der Waals surface area contributed by atoms with Gasteiger partial charge < -0.3 is 15.0 Å².